The Bertz CT molecular complexity index is 641. The lowest BCUT2D eigenvalue weighted by atomic mass is 10.1. The van der Waals surface area contributed by atoms with Crippen molar-refractivity contribution in [1.82, 2.24) is 15.8 Å². The standard InChI is InChI=1S/C13H10N4O2/c14-8-9-3-1-4-10(7-9)12(18)16-17-13(19)11-5-2-6-15-11/h1-7,15H,(H,16,18)(H,17,19). The van der Waals surface area contributed by atoms with E-state index in [1.807, 2.05) is 6.07 Å². The van der Waals surface area contributed by atoms with Crippen LogP contribution in [-0.2, 0) is 0 Å². The van der Waals surface area contributed by atoms with Gasteiger partial charge in [0.15, 0.2) is 0 Å². The maximum atomic E-state index is 11.7. The van der Waals surface area contributed by atoms with Crippen LogP contribution in [0.5, 0.6) is 0 Å². The average molecular weight is 254 g/mol. The molecule has 2 rings (SSSR count). The van der Waals surface area contributed by atoms with Gasteiger partial charge in [0.1, 0.15) is 5.69 Å². The largest absolute Gasteiger partial charge is 0.357 e. The van der Waals surface area contributed by atoms with Crippen LogP contribution in [-0.4, -0.2) is 16.8 Å². The van der Waals surface area contributed by atoms with Crippen molar-refractivity contribution < 1.29 is 9.59 Å². The Morgan fingerprint density at radius 3 is 2.58 bits per heavy atom. The van der Waals surface area contributed by atoms with Crippen LogP contribution in [0.25, 0.3) is 0 Å². The predicted molar refractivity (Wildman–Crippen MR) is 66.9 cm³/mol. The van der Waals surface area contributed by atoms with Gasteiger partial charge in [0, 0.05) is 11.8 Å². The number of hydrogen-bond acceptors (Lipinski definition) is 3. The molecule has 0 radical (unpaired) electrons. The van der Waals surface area contributed by atoms with E-state index < -0.39 is 11.8 Å². The van der Waals surface area contributed by atoms with E-state index in [-0.39, 0.29) is 0 Å². The molecule has 3 N–H and O–H groups in total. The number of aromatic nitrogens is 1. The maximum Gasteiger partial charge on any atom is 0.286 e. The molecule has 1 heterocycles. The van der Waals surface area contributed by atoms with Crippen molar-refractivity contribution in [1.29, 1.82) is 5.26 Å². The molecule has 2 aromatic rings. The number of nitriles is 1. The number of nitrogens with zero attached hydrogens (tertiary/aromatic N) is 1. The number of aromatic amines is 1. The minimum Gasteiger partial charge on any atom is -0.357 e. The Morgan fingerprint density at radius 1 is 1.11 bits per heavy atom. The number of carbonyl (C=O) groups is 2. The lowest BCUT2D eigenvalue weighted by Gasteiger charge is -2.06. The molecule has 0 saturated carbocycles. The highest BCUT2D eigenvalue weighted by Gasteiger charge is 2.09. The van der Waals surface area contributed by atoms with E-state index in [1.54, 1.807) is 36.5 Å². The first-order valence-corrected chi connectivity index (χ1v) is 5.45. The van der Waals surface area contributed by atoms with Crippen LogP contribution in [0, 0.1) is 11.3 Å². The van der Waals surface area contributed by atoms with Crippen LogP contribution < -0.4 is 10.9 Å². The van der Waals surface area contributed by atoms with E-state index >= 15 is 0 Å². The van der Waals surface area contributed by atoms with Gasteiger partial charge in [-0.25, -0.2) is 0 Å². The van der Waals surface area contributed by atoms with Crippen molar-refractivity contribution in [3.05, 3.63) is 59.4 Å². The smallest absolute Gasteiger partial charge is 0.286 e. The van der Waals surface area contributed by atoms with Crippen molar-refractivity contribution in [2.75, 3.05) is 0 Å². The van der Waals surface area contributed by atoms with E-state index in [4.69, 9.17) is 5.26 Å². The molecule has 0 spiro atoms. The number of nitrogens with one attached hydrogen (secondary N) is 3. The highest BCUT2D eigenvalue weighted by Crippen LogP contribution is 2.03. The first kappa shape index (κ1) is 12.4. The Balaban J connectivity index is 1.98. The first-order chi connectivity index (χ1) is 9.20. The van der Waals surface area contributed by atoms with Gasteiger partial charge < -0.3 is 4.98 Å². The van der Waals surface area contributed by atoms with E-state index in [2.05, 4.69) is 15.8 Å². The number of hydrogen-bond donors (Lipinski definition) is 3. The topological polar surface area (TPSA) is 97.8 Å². The van der Waals surface area contributed by atoms with Gasteiger partial charge in [0.25, 0.3) is 11.8 Å². The van der Waals surface area contributed by atoms with E-state index in [0.29, 0.717) is 16.8 Å². The van der Waals surface area contributed by atoms with Crippen molar-refractivity contribution >= 4 is 11.8 Å². The lowest BCUT2D eigenvalue weighted by molar-refractivity contribution is 0.0844. The molecule has 0 unspecified atom stereocenters. The highest BCUT2D eigenvalue weighted by molar-refractivity contribution is 5.98. The van der Waals surface area contributed by atoms with Gasteiger partial charge in [-0.2, -0.15) is 5.26 Å². The Labute approximate surface area is 109 Å². The zero-order valence-corrected chi connectivity index (χ0v) is 9.81. The fourth-order valence-corrected chi connectivity index (χ4v) is 1.45. The van der Waals surface area contributed by atoms with Gasteiger partial charge in [-0.3, -0.25) is 20.4 Å². The summed E-state index contributed by atoms with van der Waals surface area (Å²) in [5, 5.41) is 8.73. The number of benzene rings is 1. The molecule has 6 heteroatoms. The van der Waals surface area contributed by atoms with Crippen LogP contribution in [0.2, 0.25) is 0 Å². The Kier molecular flexibility index (Phi) is 3.59. The third kappa shape index (κ3) is 2.98. The molecule has 0 aliphatic carbocycles. The summed E-state index contributed by atoms with van der Waals surface area (Å²) in [6.45, 7) is 0. The molecule has 0 fully saturated rings. The van der Waals surface area contributed by atoms with Gasteiger partial charge >= 0.3 is 0 Å². The van der Waals surface area contributed by atoms with Crippen LogP contribution in [0.15, 0.2) is 42.6 Å². The molecule has 2 amide bonds. The van der Waals surface area contributed by atoms with Crippen LogP contribution >= 0.6 is 0 Å². The summed E-state index contributed by atoms with van der Waals surface area (Å²) >= 11 is 0. The van der Waals surface area contributed by atoms with Gasteiger partial charge in [-0.1, -0.05) is 6.07 Å². The van der Waals surface area contributed by atoms with E-state index in [1.165, 1.54) is 6.07 Å². The molecule has 0 atom stereocenters. The zero-order chi connectivity index (χ0) is 13.7. The van der Waals surface area contributed by atoms with Gasteiger partial charge in [0.05, 0.1) is 11.6 Å². The second-order valence-electron chi connectivity index (χ2n) is 3.68. The molecular formula is C13H10N4O2. The summed E-state index contributed by atoms with van der Waals surface area (Å²) in [5.41, 5.74) is 5.55. The summed E-state index contributed by atoms with van der Waals surface area (Å²) < 4.78 is 0. The summed E-state index contributed by atoms with van der Waals surface area (Å²) in [4.78, 5) is 26.0. The molecule has 0 aliphatic rings. The first-order valence-electron chi connectivity index (χ1n) is 5.45. The molecule has 1 aromatic carbocycles. The third-order valence-electron chi connectivity index (χ3n) is 2.39. The quantitative estimate of drug-likeness (QED) is 0.696. The van der Waals surface area contributed by atoms with Crippen molar-refractivity contribution in [2.45, 2.75) is 0 Å². The molecule has 94 valence electrons. The second kappa shape index (κ2) is 5.51. The number of H-pyrrole nitrogens is 1. The Morgan fingerprint density at radius 2 is 1.89 bits per heavy atom. The number of hydrazine groups is 1. The SMILES string of the molecule is N#Cc1cccc(C(=O)NNC(=O)c2ccc[nH]2)c1. The van der Waals surface area contributed by atoms with Crippen LogP contribution in [0.4, 0.5) is 0 Å². The average Bonchev–Trinajstić information content (AvgIpc) is 2.98. The zero-order valence-electron chi connectivity index (χ0n) is 9.81. The maximum absolute atomic E-state index is 11.7. The number of carbonyl (C=O) groups excluding carboxylic acids is 2. The van der Waals surface area contributed by atoms with Gasteiger partial charge in [-0.15, -0.1) is 0 Å². The van der Waals surface area contributed by atoms with Crippen molar-refractivity contribution in [2.24, 2.45) is 0 Å². The van der Waals surface area contributed by atoms with Crippen LogP contribution in [0.1, 0.15) is 26.4 Å². The second-order valence-corrected chi connectivity index (χ2v) is 3.68. The lowest BCUT2D eigenvalue weighted by Crippen LogP contribution is -2.41. The molecule has 1 aromatic heterocycles. The molecule has 0 saturated heterocycles. The Hall–Kier alpha value is -3.07. The summed E-state index contributed by atoms with van der Waals surface area (Å²) in [6, 6.07) is 11.4. The fourth-order valence-electron chi connectivity index (χ4n) is 1.45. The fraction of sp³-hybridized carbons (Fsp3) is 0. The highest BCUT2D eigenvalue weighted by atomic mass is 16.2. The number of amides is 2. The number of rotatable bonds is 2. The van der Waals surface area contributed by atoms with E-state index in [9.17, 15) is 9.59 Å². The molecule has 0 bridgehead atoms. The molecule has 6 nitrogen and oxygen atoms in total. The minimum atomic E-state index is -0.489. The summed E-state index contributed by atoms with van der Waals surface area (Å²) in [5.74, 6) is -0.938. The van der Waals surface area contributed by atoms with Gasteiger partial charge in [-0.05, 0) is 30.3 Å². The summed E-state index contributed by atoms with van der Waals surface area (Å²) in [7, 11) is 0. The van der Waals surface area contributed by atoms with Crippen LogP contribution in [0.3, 0.4) is 0 Å². The molecule has 0 aliphatic heterocycles. The van der Waals surface area contributed by atoms with Crippen molar-refractivity contribution in [3.8, 4) is 6.07 Å². The summed E-state index contributed by atoms with van der Waals surface area (Å²) in [6.07, 6.45) is 1.60. The van der Waals surface area contributed by atoms with E-state index in [0.717, 1.165) is 0 Å². The molecule has 19 heavy (non-hydrogen) atoms. The third-order valence-corrected chi connectivity index (χ3v) is 2.39. The van der Waals surface area contributed by atoms with Gasteiger partial charge in [0.2, 0.25) is 0 Å². The minimum absolute atomic E-state index is 0.297. The normalized spacial score (nSPS) is 9.42. The molecular weight excluding hydrogens is 244 g/mol. The monoisotopic (exact) mass is 254 g/mol. The predicted octanol–water partition coefficient (Wildman–Crippen LogP) is 0.961. The van der Waals surface area contributed by atoms with Crippen molar-refractivity contribution in [3.63, 3.8) is 0 Å².